The van der Waals surface area contributed by atoms with Crippen molar-refractivity contribution in [3.8, 4) is 0 Å². The molecule has 0 fully saturated rings. The van der Waals surface area contributed by atoms with Crippen LogP contribution in [0.4, 0.5) is 0 Å². The van der Waals surface area contributed by atoms with Crippen LogP contribution in [0.5, 0.6) is 0 Å². The van der Waals surface area contributed by atoms with Crippen LogP contribution in [0.1, 0.15) is 31.1 Å². The molecule has 98 valence electrons. The van der Waals surface area contributed by atoms with Gasteiger partial charge < -0.3 is 4.74 Å². The minimum absolute atomic E-state index is 0.0571. The number of carbonyl (C=O) groups excluding carboxylic acids is 2. The highest BCUT2D eigenvalue weighted by Gasteiger charge is 2.27. The maximum atomic E-state index is 12.0. The van der Waals surface area contributed by atoms with Crippen LogP contribution in [0, 0.1) is 5.92 Å². The summed E-state index contributed by atoms with van der Waals surface area (Å²) in [5, 5.41) is -0.542. The second-order valence-corrected chi connectivity index (χ2v) is 5.30. The molecule has 0 amide bonds. The number of rotatable bonds is 5. The molecule has 0 saturated heterocycles. The summed E-state index contributed by atoms with van der Waals surface area (Å²) in [6.45, 7) is 5.92. The van der Waals surface area contributed by atoms with Crippen molar-refractivity contribution in [2.24, 2.45) is 5.92 Å². The summed E-state index contributed by atoms with van der Waals surface area (Å²) < 4.78 is 4.99. The van der Waals surface area contributed by atoms with E-state index < -0.39 is 5.25 Å². The summed E-state index contributed by atoms with van der Waals surface area (Å²) in [6, 6.07) is 8.97. The van der Waals surface area contributed by atoms with Gasteiger partial charge in [0.15, 0.2) is 0 Å². The molecular formula is C14H18O3S. The Morgan fingerprint density at radius 2 is 1.83 bits per heavy atom. The zero-order chi connectivity index (χ0) is 13.5. The van der Waals surface area contributed by atoms with Crippen LogP contribution in [-0.2, 0) is 9.53 Å². The molecule has 0 spiro atoms. The molecule has 0 aliphatic carbocycles. The number of hydrogen-bond donors (Lipinski definition) is 0. The lowest BCUT2D eigenvalue weighted by atomic mass is 10.1. The second kappa shape index (κ2) is 7.21. The van der Waals surface area contributed by atoms with Crippen molar-refractivity contribution in [3.63, 3.8) is 0 Å². The van der Waals surface area contributed by atoms with Crippen molar-refractivity contribution >= 4 is 22.8 Å². The fourth-order valence-corrected chi connectivity index (χ4v) is 2.38. The van der Waals surface area contributed by atoms with Crippen LogP contribution in [0.3, 0.4) is 0 Å². The van der Waals surface area contributed by atoms with Crippen LogP contribution in [0.15, 0.2) is 30.3 Å². The quantitative estimate of drug-likeness (QED) is 0.768. The maximum absolute atomic E-state index is 12.0. The van der Waals surface area contributed by atoms with Crippen molar-refractivity contribution in [2.45, 2.75) is 26.0 Å². The average Bonchev–Trinajstić information content (AvgIpc) is 2.36. The molecule has 4 heteroatoms. The molecule has 3 nitrogen and oxygen atoms in total. The summed E-state index contributed by atoms with van der Waals surface area (Å²) in [5.41, 5.74) is 0.609. The molecule has 0 aliphatic rings. The predicted molar refractivity (Wildman–Crippen MR) is 73.6 cm³/mol. The predicted octanol–water partition coefficient (Wildman–Crippen LogP) is 3.15. The molecule has 1 rings (SSSR count). The van der Waals surface area contributed by atoms with Gasteiger partial charge in [-0.3, -0.25) is 9.59 Å². The van der Waals surface area contributed by atoms with Gasteiger partial charge >= 0.3 is 5.97 Å². The fraction of sp³-hybridized carbons (Fsp3) is 0.429. The lowest BCUT2D eigenvalue weighted by Gasteiger charge is -2.17. The summed E-state index contributed by atoms with van der Waals surface area (Å²) in [6.07, 6.45) is 0. The van der Waals surface area contributed by atoms with E-state index in [0.717, 1.165) is 11.8 Å². The van der Waals surface area contributed by atoms with E-state index >= 15 is 0 Å². The third kappa shape index (κ3) is 4.18. The molecule has 1 unspecified atom stereocenters. The van der Waals surface area contributed by atoms with E-state index in [1.165, 1.54) is 0 Å². The van der Waals surface area contributed by atoms with Crippen molar-refractivity contribution in [1.82, 2.24) is 0 Å². The first kappa shape index (κ1) is 14.8. The van der Waals surface area contributed by atoms with Gasteiger partial charge in [-0.25, -0.2) is 0 Å². The van der Waals surface area contributed by atoms with Crippen LogP contribution >= 0.6 is 11.8 Å². The maximum Gasteiger partial charge on any atom is 0.319 e. The third-order valence-corrected chi connectivity index (χ3v) is 3.81. The summed E-state index contributed by atoms with van der Waals surface area (Å²) in [4.78, 5) is 23.8. The smallest absolute Gasteiger partial charge is 0.319 e. The first-order valence-electron chi connectivity index (χ1n) is 5.99. The number of carbonyl (C=O) groups is 2. The number of benzene rings is 1. The van der Waals surface area contributed by atoms with Gasteiger partial charge in [-0.1, -0.05) is 55.9 Å². The standard InChI is InChI=1S/C14H18O3S/c1-4-17-13(15)12(10(2)3)18-14(16)11-8-6-5-7-9-11/h5-10,12H,4H2,1-3H3. The van der Waals surface area contributed by atoms with E-state index in [9.17, 15) is 9.59 Å². The molecule has 0 radical (unpaired) electrons. The molecule has 0 aliphatic heterocycles. The van der Waals surface area contributed by atoms with Crippen LogP contribution in [0.25, 0.3) is 0 Å². The Morgan fingerprint density at radius 3 is 2.33 bits per heavy atom. The molecular weight excluding hydrogens is 248 g/mol. The Hall–Kier alpha value is -1.29. The van der Waals surface area contributed by atoms with Crippen molar-refractivity contribution in [3.05, 3.63) is 35.9 Å². The van der Waals surface area contributed by atoms with E-state index in [2.05, 4.69) is 0 Å². The molecule has 1 aromatic rings. The van der Waals surface area contributed by atoms with Crippen LogP contribution in [0.2, 0.25) is 0 Å². The SMILES string of the molecule is CCOC(=O)C(SC(=O)c1ccccc1)C(C)C. The molecule has 1 atom stereocenters. The van der Waals surface area contributed by atoms with Crippen molar-refractivity contribution < 1.29 is 14.3 Å². The van der Waals surface area contributed by atoms with E-state index in [4.69, 9.17) is 4.74 Å². The fourth-order valence-electron chi connectivity index (χ4n) is 1.44. The van der Waals surface area contributed by atoms with Gasteiger partial charge in [0.2, 0.25) is 5.12 Å². The normalized spacial score (nSPS) is 12.2. The van der Waals surface area contributed by atoms with E-state index in [1.807, 2.05) is 32.0 Å². The minimum atomic E-state index is -0.447. The Labute approximate surface area is 112 Å². The zero-order valence-electron chi connectivity index (χ0n) is 10.9. The van der Waals surface area contributed by atoms with E-state index in [-0.39, 0.29) is 17.0 Å². The third-order valence-electron chi connectivity index (χ3n) is 2.37. The van der Waals surface area contributed by atoms with E-state index in [1.54, 1.807) is 19.1 Å². The lowest BCUT2D eigenvalue weighted by molar-refractivity contribution is -0.143. The Morgan fingerprint density at radius 1 is 1.22 bits per heavy atom. The topological polar surface area (TPSA) is 43.4 Å². The highest BCUT2D eigenvalue weighted by atomic mass is 32.2. The van der Waals surface area contributed by atoms with Crippen molar-refractivity contribution in [2.75, 3.05) is 6.61 Å². The van der Waals surface area contributed by atoms with Gasteiger partial charge in [0.05, 0.1) is 6.61 Å². The zero-order valence-corrected chi connectivity index (χ0v) is 11.7. The van der Waals surface area contributed by atoms with Gasteiger partial charge in [-0.05, 0) is 12.8 Å². The summed E-state index contributed by atoms with van der Waals surface area (Å²) in [5.74, 6) is -0.261. The van der Waals surface area contributed by atoms with Gasteiger partial charge in [0.1, 0.15) is 5.25 Å². The minimum Gasteiger partial charge on any atom is -0.465 e. The number of hydrogen-bond acceptors (Lipinski definition) is 4. The van der Waals surface area contributed by atoms with Gasteiger partial charge in [0.25, 0.3) is 0 Å². The Kier molecular flexibility index (Phi) is 5.92. The second-order valence-electron chi connectivity index (χ2n) is 4.19. The largest absolute Gasteiger partial charge is 0.465 e. The molecule has 1 aromatic carbocycles. The Bertz CT molecular complexity index is 401. The first-order valence-corrected chi connectivity index (χ1v) is 6.87. The highest BCUT2D eigenvalue weighted by molar-refractivity contribution is 8.15. The van der Waals surface area contributed by atoms with Crippen LogP contribution < -0.4 is 0 Å². The lowest BCUT2D eigenvalue weighted by Crippen LogP contribution is -2.27. The number of ether oxygens (including phenoxy) is 1. The number of thioether (sulfide) groups is 1. The van der Waals surface area contributed by atoms with Gasteiger partial charge in [-0.15, -0.1) is 0 Å². The molecule has 18 heavy (non-hydrogen) atoms. The number of esters is 1. The molecule has 0 aromatic heterocycles. The summed E-state index contributed by atoms with van der Waals surface area (Å²) >= 11 is 1.04. The monoisotopic (exact) mass is 266 g/mol. The van der Waals surface area contributed by atoms with Gasteiger partial charge in [0, 0.05) is 5.56 Å². The van der Waals surface area contributed by atoms with Crippen molar-refractivity contribution in [1.29, 1.82) is 0 Å². The Balaban J connectivity index is 2.73. The average molecular weight is 266 g/mol. The highest BCUT2D eigenvalue weighted by Crippen LogP contribution is 2.25. The van der Waals surface area contributed by atoms with Crippen LogP contribution in [-0.4, -0.2) is 22.9 Å². The molecule has 0 heterocycles. The molecule has 0 bridgehead atoms. The molecule has 0 N–H and O–H groups in total. The molecule has 0 saturated carbocycles. The van der Waals surface area contributed by atoms with E-state index in [0.29, 0.717) is 12.2 Å². The van der Waals surface area contributed by atoms with Gasteiger partial charge in [-0.2, -0.15) is 0 Å². The summed E-state index contributed by atoms with van der Waals surface area (Å²) in [7, 11) is 0. The first-order chi connectivity index (χ1) is 8.56.